The van der Waals surface area contributed by atoms with Crippen molar-refractivity contribution in [3.05, 3.63) is 47.8 Å². The van der Waals surface area contributed by atoms with Crippen molar-refractivity contribution in [2.75, 3.05) is 19.7 Å². The number of likely N-dealkylation sites (tertiary alicyclic amines) is 1. The molecule has 0 saturated carbocycles. The second kappa shape index (κ2) is 6.16. The first-order valence-electron chi connectivity index (χ1n) is 8.80. The average Bonchev–Trinajstić information content (AvgIpc) is 3.22. The van der Waals surface area contributed by atoms with Gasteiger partial charge in [0.1, 0.15) is 11.4 Å². The number of para-hydroxylation sites is 1. The first-order valence-corrected chi connectivity index (χ1v) is 8.80. The van der Waals surface area contributed by atoms with E-state index in [2.05, 4.69) is 5.10 Å². The monoisotopic (exact) mass is 355 g/mol. The molecule has 4 rings (SSSR count). The average molecular weight is 355 g/mol. The minimum absolute atomic E-state index is 0.175. The van der Waals surface area contributed by atoms with Crippen molar-refractivity contribution in [2.45, 2.75) is 19.9 Å². The molecule has 0 aliphatic carbocycles. The number of hydrogen-bond donors (Lipinski definition) is 1. The summed E-state index contributed by atoms with van der Waals surface area (Å²) in [5, 5.41) is 14.2. The Bertz CT molecular complexity index is 862. The molecule has 0 unspecified atom stereocenters. The maximum Gasteiger partial charge on any atom is 0.312 e. The molecule has 2 aromatic rings. The lowest BCUT2D eigenvalue weighted by Crippen LogP contribution is -2.42. The lowest BCUT2D eigenvalue weighted by molar-refractivity contribution is -0.150. The molecule has 1 N–H and O–H groups in total. The van der Waals surface area contributed by atoms with Gasteiger partial charge in [0.25, 0.3) is 5.91 Å². The van der Waals surface area contributed by atoms with Gasteiger partial charge in [-0.05, 0) is 31.0 Å². The molecular formula is C19H21N3O4. The minimum Gasteiger partial charge on any atom is -0.493 e. The van der Waals surface area contributed by atoms with E-state index < -0.39 is 11.4 Å². The van der Waals surface area contributed by atoms with E-state index in [1.54, 1.807) is 21.8 Å². The highest BCUT2D eigenvalue weighted by Crippen LogP contribution is 2.44. The molecular weight excluding hydrogens is 334 g/mol. The molecule has 1 saturated heterocycles. The van der Waals surface area contributed by atoms with E-state index in [0.29, 0.717) is 31.8 Å². The van der Waals surface area contributed by atoms with Crippen LogP contribution in [0.25, 0.3) is 0 Å². The van der Waals surface area contributed by atoms with Gasteiger partial charge in [-0.25, -0.2) is 0 Å². The fraction of sp³-hybridized carbons (Fsp3) is 0.421. The Morgan fingerprint density at radius 2 is 2.15 bits per heavy atom. The van der Waals surface area contributed by atoms with Gasteiger partial charge in [0.15, 0.2) is 0 Å². The zero-order chi connectivity index (χ0) is 18.3. The minimum atomic E-state index is -1.03. The number of ether oxygens (including phenoxy) is 1. The Hall–Kier alpha value is -2.83. The SMILES string of the molecule is CCn1nccc1C(=O)N1C[C@H]2COc3ccccc3C[C@@]2(C(=O)O)C1. The number of hydrogen-bond acceptors (Lipinski definition) is 4. The van der Waals surface area contributed by atoms with Crippen LogP contribution in [0, 0.1) is 11.3 Å². The van der Waals surface area contributed by atoms with Gasteiger partial charge in [-0.1, -0.05) is 18.2 Å². The molecule has 2 aliphatic heterocycles. The van der Waals surface area contributed by atoms with Crippen molar-refractivity contribution < 1.29 is 19.4 Å². The van der Waals surface area contributed by atoms with Crippen molar-refractivity contribution in [2.24, 2.45) is 11.3 Å². The normalized spacial score (nSPS) is 24.3. The predicted octanol–water partition coefficient (Wildman–Crippen LogP) is 1.68. The Labute approximate surface area is 151 Å². The number of aryl methyl sites for hydroxylation is 1. The van der Waals surface area contributed by atoms with Crippen LogP contribution in [0.15, 0.2) is 36.5 Å². The summed E-state index contributed by atoms with van der Waals surface area (Å²) in [6.45, 7) is 3.35. The van der Waals surface area contributed by atoms with E-state index in [9.17, 15) is 14.7 Å². The zero-order valence-electron chi connectivity index (χ0n) is 14.6. The lowest BCUT2D eigenvalue weighted by Gasteiger charge is -2.27. The summed E-state index contributed by atoms with van der Waals surface area (Å²) in [5.74, 6) is -0.563. The molecule has 7 nitrogen and oxygen atoms in total. The van der Waals surface area contributed by atoms with E-state index in [1.807, 2.05) is 31.2 Å². The third-order valence-electron chi connectivity index (χ3n) is 5.56. The van der Waals surface area contributed by atoms with Crippen molar-refractivity contribution in [1.82, 2.24) is 14.7 Å². The van der Waals surface area contributed by atoms with Crippen molar-refractivity contribution in [3.63, 3.8) is 0 Å². The third kappa shape index (κ3) is 2.46. The van der Waals surface area contributed by atoms with Crippen LogP contribution in [0.3, 0.4) is 0 Å². The van der Waals surface area contributed by atoms with Crippen LogP contribution < -0.4 is 4.74 Å². The first kappa shape index (κ1) is 16.6. The van der Waals surface area contributed by atoms with Gasteiger partial charge in [0, 0.05) is 31.7 Å². The van der Waals surface area contributed by atoms with Crippen LogP contribution in [0.1, 0.15) is 23.0 Å². The topological polar surface area (TPSA) is 84.7 Å². The van der Waals surface area contributed by atoms with Crippen LogP contribution in [-0.4, -0.2) is 51.4 Å². The molecule has 1 aromatic carbocycles. The fourth-order valence-corrected chi connectivity index (χ4v) is 4.11. The Morgan fingerprint density at radius 1 is 1.35 bits per heavy atom. The van der Waals surface area contributed by atoms with Gasteiger partial charge >= 0.3 is 5.97 Å². The Morgan fingerprint density at radius 3 is 2.92 bits per heavy atom. The van der Waals surface area contributed by atoms with E-state index in [0.717, 1.165) is 11.3 Å². The van der Waals surface area contributed by atoms with Crippen molar-refractivity contribution in [3.8, 4) is 5.75 Å². The van der Waals surface area contributed by atoms with Crippen LogP contribution >= 0.6 is 0 Å². The van der Waals surface area contributed by atoms with Gasteiger partial charge in [0.05, 0.1) is 12.0 Å². The van der Waals surface area contributed by atoms with E-state index in [-0.39, 0.29) is 18.4 Å². The maximum absolute atomic E-state index is 13.0. The Kier molecular flexibility index (Phi) is 3.94. The number of carbonyl (C=O) groups is 2. The molecule has 7 heteroatoms. The number of carboxylic acid groups (broad SMARTS) is 1. The summed E-state index contributed by atoms with van der Waals surface area (Å²) in [6, 6.07) is 9.22. The second-order valence-corrected chi connectivity index (χ2v) is 6.97. The molecule has 26 heavy (non-hydrogen) atoms. The molecule has 136 valence electrons. The molecule has 1 fully saturated rings. The zero-order valence-corrected chi connectivity index (χ0v) is 14.6. The van der Waals surface area contributed by atoms with Gasteiger partial charge in [-0.3, -0.25) is 14.3 Å². The van der Waals surface area contributed by atoms with Crippen LogP contribution in [-0.2, 0) is 17.8 Å². The standard InChI is InChI=1S/C19H21N3O4/c1-2-22-15(7-8-20-22)17(23)21-10-14-11-26-16-6-4-3-5-13(16)9-19(14,12-21)18(24)25/h3-8,14H,2,9-12H2,1H3,(H,24,25)/t14-,19+/m0/s1. The largest absolute Gasteiger partial charge is 0.493 e. The van der Waals surface area contributed by atoms with Crippen LogP contribution in [0.2, 0.25) is 0 Å². The van der Waals surface area contributed by atoms with Gasteiger partial charge in [0.2, 0.25) is 0 Å². The number of aliphatic carboxylic acids is 1. The summed E-state index contributed by atoms with van der Waals surface area (Å²) in [4.78, 5) is 26.9. The van der Waals surface area contributed by atoms with E-state index in [1.165, 1.54) is 0 Å². The van der Waals surface area contributed by atoms with Crippen LogP contribution in [0.4, 0.5) is 0 Å². The van der Waals surface area contributed by atoms with Crippen molar-refractivity contribution in [1.29, 1.82) is 0 Å². The fourth-order valence-electron chi connectivity index (χ4n) is 4.11. The van der Waals surface area contributed by atoms with Gasteiger partial charge in [-0.2, -0.15) is 5.10 Å². The molecule has 0 radical (unpaired) electrons. The second-order valence-electron chi connectivity index (χ2n) is 6.97. The highest BCUT2D eigenvalue weighted by molar-refractivity contribution is 5.93. The summed E-state index contributed by atoms with van der Waals surface area (Å²) < 4.78 is 7.52. The summed E-state index contributed by atoms with van der Waals surface area (Å²) in [5.41, 5.74) is 0.343. The molecule has 2 atom stereocenters. The number of fused-ring (bicyclic) bond motifs is 2. The number of rotatable bonds is 3. The number of amides is 1. The maximum atomic E-state index is 13.0. The molecule has 0 spiro atoms. The highest BCUT2D eigenvalue weighted by atomic mass is 16.5. The number of benzene rings is 1. The number of carbonyl (C=O) groups excluding carboxylic acids is 1. The third-order valence-corrected chi connectivity index (χ3v) is 5.56. The number of aromatic nitrogens is 2. The van der Waals surface area contributed by atoms with Crippen LogP contribution in [0.5, 0.6) is 5.75 Å². The number of carboxylic acids is 1. The quantitative estimate of drug-likeness (QED) is 0.905. The predicted molar refractivity (Wildman–Crippen MR) is 93.0 cm³/mol. The van der Waals surface area contributed by atoms with E-state index in [4.69, 9.17) is 4.74 Å². The lowest BCUT2D eigenvalue weighted by atomic mass is 9.74. The smallest absolute Gasteiger partial charge is 0.312 e. The highest BCUT2D eigenvalue weighted by Gasteiger charge is 2.55. The van der Waals surface area contributed by atoms with E-state index >= 15 is 0 Å². The Balaban J connectivity index is 1.67. The molecule has 1 aromatic heterocycles. The number of nitrogens with zero attached hydrogens (tertiary/aromatic N) is 3. The summed E-state index contributed by atoms with van der Waals surface area (Å²) in [6.07, 6.45) is 1.96. The van der Waals surface area contributed by atoms with Crippen molar-refractivity contribution >= 4 is 11.9 Å². The molecule has 0 bridgehead atoms. The van der Waals surface area contributed by atoms with Gasteiger partial charge < -0.3 is 14.7 Å². The molecule has 1 amide bonds. The first-order chi connectivity index (χ1) is 12.5. The molecule has 2 aliphatic rings. The summed E-state index contributed by atoms with van der Waals surface area (Å²) >= 11 is 0. The molecule has 3 heterocycles. The van der Waals surface area contributed by atoms with Gasteiger partial charge in [-0.15, -0.1) is 0 Å². The summed E-state index contributed by atoms with van der Waals surface area (Å²) in [7, 11) is 0.